The molecule has 0 saturated carbocycles. The van der Waals surface area contributed by atoms with Crippen LogP contribution in [-0.4, -0.2) is 53.3 Å². The first-order valence-electron chi connectivity index (χ1n) is 9.35. The van der Waals surface area contributed by atoms with E-state index in [4.69, 9.17) is 14.2 Å². The van der Waals surface area contributed by atoms with Crippen molar-refractivity contribution >= 4 is 5.91 Å². The molecule has 0 aliphatic carbocycles. The fourth-order valence-electron chi connectivity index (χ4n) is 2.76. The number of alkyl halides is 3. The minimum absolute atomic E-state index is 0.00880. The zero-order valence-electron chi connectivity index (χ0n) is 17.2. The Hall–Kier alpha value is -3.67. The van der Waals surface area contributed by atoms with Crippen LogP contribution in [-0.2, 0) is 17.5 Å². The summed E-state index contributed by atoms with van der Waals surface area (Å²) in [5.41, 5.74) is -1.25. The summed E-state index contributed by atoms with van der Waals surface area (Å²) in [7, 11) is 2.90. The summed E-state index contributed by atoms with van der Waals surface area (Å²) in [5.74, 6) is -0.467. The van der Waals surface area contributed by atoms with Gasteiger partial charge in [-0.05, 0) is 23.8 Å². The van der Waals surface area contributed by atoms with Gasteiger partial charge in [0, 0.05) is 19.7 Å². The quantitative estimate of drug-likeness (QED) is 0.499. The Morgan fingerprint density at radius 2 is 1.94 bits per heavy atom. The summed E-state index contributed by atoms with van der Waals surface area (Å²) in [6.45, 7) is 0.740. The second-order valence-corrected chi connectivity index (χ2v) is 6.42. The summed E-state index contributed by atoms with van der Waals surface area (Å²) >= 11 is 0. The molecule has 0 saturated heterocycles. The molecule has 0 aliphatic rings. The molecule has 0 unspecified atom stereocenters. The molecule has 2 aromatic heterocycles. The van der Waals surface area contributed by atoms with Crippen molar-refractivity contribution < 1.29 is 32.2 Å². The van der Waals surface area contributed by atoms with Gasteiger partial charge in [-0.1, -0.05) is 12.1 Å². The van der Waals surface area contributed by atoms with Crippen LogP contribution in [0.25, 0.3) is 5.82 Å². The lowest BCUT2D eigenvalue weighted by atomic mass is 10.2. The molecule has 170 valence electrons. The highest BCUT2D eigenvalue weighted by Crippen LogP contribution is 2.33. The van der Waals surface area contributed by atoms with Gasteiger partial charge in [0.15, 0.2) is 11.5 Å². The zero-order valence-corrected chi connectivity index (χ0v) is 17.2. The maximum Gasteiger partial charge on any atom is 0.434 e. The molecule has 12 heteroatoms. The summed E-state index contributed by atoms with van der Waals surface area (Å²) in [6, 6.07) is 9.42. The second kappa shape index (κ2) is 10.1. The molecular formula is C20H20F3N5O4. The third kappa shape index (κ3) is 5.52. The highest BCUT2D eigenvalue weighted by Gasteiger charge is 2.41. The third-order valence-corrected chi connectivity index (χ3v) is 4.24. The average molecular weight is 451 g/mol. The number of hydrogen-bond donors (Lipinski definition) is 1. The van der Waals surface area contributed by atoms with Crippen molar-refractivity contribution in [1.29, 1.82) is 0 Å². The number of methoxy groups -OCH3 is 2. The number of halogens is 3. The van der Waals surface area contributed by atoms with Crippen LogP contribution in [0.15, 0.2) is 42.6 Å². The molecule has 0 fully saturated rings. The highest BCUT2D eigenvalue weighted by atomic mass is 19.4. The number of nitrogens with one attached hydrogen (secondary N) is 1. The van der Waals surface area contributed by atoms with Crippen molar-refractivity contribution in [3.8, 4) is 17.4 Å². The van der Waals surface area contributed by atoms with Gasteiger partial charge >= 0.3 is 6.18 Å². The Bertz CT molecular complexity index is 1050. The van der Waals surface area contributed by atoms with Crippen LogP contribution < -0.4 is 14.8 Å². The molecule has 3 rings (SSSR count). The third-order valence-electron chi connectivity index (χ3n) is 4.24. The van der Waals surface area contributed by atoms with Crippen LogP contribution >= 0.6 is 0 Å². The number of carbonyl (C=O) groups excluding carboxylic acids is 1. The van der Waals surface area contributed by atoms with E-state index in [1.807, 2.05) is 0 Å². The van der Waals surface area contributed by atoms with Crippen LogP contribution in [0, 0.1) is 0 Å². The average Bonchev–Trinajstić information content (AvgIpc) is 3.24. The highest BCUT2D eigenvalue weighted by molar-refractivity contribution is 5.95. The van der Waals surface area contributed by atoms with E-state index in [-0.39, 0.29) is 18.2 Å². The first-order valence-corrected chi connectivity index (χ1v) is 9.35. The van der Waals surface area contributed by atoms with E-state index >= 15 is 0 Å². The predicted molar refractivity (Wildman–Crippen MR) is 106 cm³/mol. The SMILES string of the molecule is COCCOc1cccc(CNC(=O)c2cnn(-c3ccc(OC)nn3)c2C(F)(F)F)c1. The Kier molecular flexibility index (Phi) is 7.25. The summed E-state index contributed by atoms with van der Waals surface area (Å²) in [4.78, 5) is 12.6. The first-order chi connectivity index (χ1) is 15.3. The number of amides is 1. The fourth-order valence-corrected chi connectivity index (χ4v) is 2.76. The molecule has 2 heterocycles. The smallest absolute Gasteiger partial charge is 0.434 e. The Morgan fingerprint density at radius 3 is 2.59 bits per heavy atom. The minimum Gasteiger partial charge on any atom is -0.491 e. The van der Waals surface area contributed by atoms with E-state index in [1.54, 1.807) is 31.4 Å². The summed E-state index contributed by atoms with van der Waals surface area (Å²) < 4.78 is 57.0. The van der Waals surface area contributed by atoms with Crippen molar-refractivity contribution in [2.45, 2.75) is 12.7 Å². The number of aromatic nitrogens is 4. The zero-order chi connectivity index (χ0) is 23.1. The molecule has 0 radical (unpaired) electrons. The van der Waals surface area contributed by atoms with Gasteiger partial charge < -0.3 is 19.5 Å². The minimum atomic E-state index is -4.86. The Balaban J connectivity index is 1.78. The lowest BCUT2D eigenvalue weighted by Gasteiger charge is -2.12. The van der Waals surface area contributed by atoms with Gasteiger partial charge in [0.2, 0.25) is 5.88 Å². The first kappa shape index (κ1) is 23.0. The van der Waals surface area contributed by atoms with Gasteiger partial charge in [0.1, 0.15) is 12.4 Å². The van der Waals surface area contributed by atoms with E-state index in [1.165, 1.54) is 19.2 Å². The number of rotatable bonds is 9. The van der Waals surface area contributed by atoms with Gasteiger partial charge in [-0.25, -0.2) is 4.68 Å². The summed E-state index contributed by atoms with van der Waals surface area (Å²) in [6.07, 6.45) is -4.02. The predicted octanol–water partition coefficient (Wildman–Crippen LogP) is 2.64. The molecule has 3 aromatic rings. The number of carbonyl (C=O) groups is 1. The van der Waals surface area contributed by atoms with Gasteiger partial charge in [0.25, 0.3) is 5.91 Å². The number of benzene rings is 1. The molecule has 32 heavy (non-hydrogen) atoms. The van der Waals surface area contributed by atoms with Gasteiger partial charge in [-0.3, -0.25) is 4.79 Å². The molecule has 1 N–H and O–H groups in total. The van der Waals surface area contributed by atoms with Crippen molar-refractivity contribution in [1.82, 2.24) is 25.3 Å². The van der Waals surface area contributed by atoms with Crippen LogP contribution in [0.4, 0.5) is 13.2 Å². The fraction of sp³-hybridized carbons (Fsp3) is 0.300. The number of nitrogens with zero attached hydrogens (tertiary/aromatic N) is 4. The van der Waals surface area contributed by atoms with E-state index in [2.05, 4.69) is 20.6 Å². The molecule has 1 aromatic carbocycles. The molecule has 0 atom stereocenters. The van der Waals surface area contributed by atoms with Crippen LogP contribution in [0.1, 0.15) is 21.6 Å². The molecular weight excluding hydrogens is 431 g/mol. The molecule has 0 spiro atoms. The van der Waals surface area contributed by atoms with Gasteiger partial charge in [-0.15, -0.1) is 10.2 Å². The van der Waals surface area contributed by atoms with Crippen LogP contribution in [0.5, 0.6) is 11.6 Å². The lowest BCUT2D eigenvalue weighted by Crippen LogP contribution is -2.26. The molecule has 1 amide bonds. The van der Waals surface area contributed by atoms with Crippen molar-refractivity contribution in [2.24, 2.45) is 0 Å². The largest absolute Gasteiger partial charge is 0.491 e. The van der Waals surface area contributed by atoms with Gasteiger partial charge in [0.05, 0.1) is 25.5 Å². The monoisotopic (exact) mass is 451 g/mol. The van der Waals surface area contributed by atoms with E-state index in [0.717, 1.165) is 6.20 Å². The summed E-state index contributed by atoms with van der Waals surface area (Å²) in [5, 5.41) is 13.5. The second-order valence-electron chi connectivity index (χ2n) is 6.42. The van der Waals surface area contributed by atoms with Crippen molar-refractivity contribution in [3.63, 3.8) is 0 Å². The van der Waals surface area contributed by atoms with Crippen molar-refractivity contribution in [2.75, 3.05) is 27.4 Å². The van der Waals surface area contributed by atoms with Crippen molar-refractivity contribution in [3.05, 3.63) is 59.4 Å². The van der Waals surface area contributed by atoms with Crippen LogP contribution in [0.2, 0.25) is 0 Å². The van der Waals surface area contributed by atoms with E-state index < -0.39 is 23.3 Å². The maximum atomic E-state index is 13.8. The topological polar surface area (TPSA) is 100 Å². The van der Waals surface area contributed by atoms with Crippen LogP contribution in [0.3, 0.4) is 0 Å². The Labute approximate surface area is 181 Å². The molecule has 0 aliphatic heterocycles. The molecule has 9 nitrogen and oxygen atoms in total. The maximum absolute atomic E-state index is 13.8. The molecule has 0 bridgehead atoms. The standard InChI is InChI=1S/C20H20F3N5O4/c1-30-8-9-32-14-5-3-4-13(10-14)11-24-19(29)15-12-25-28(18(15)20(21,22)23)16-6-7-17(31-2)27-26-16/h3-7,10,12H,8-9,11H2,1-2H3,(H,24,29). The lowest BCUT2D eigenvalue weighted by molar-refractivity contribution is -0.143. The van der Waals surface area contributed by atoms with Gasteiger partial charge in [-0.2, -0.15) is 18.3 Å². The Morgan fingerprint density at radius 1 is 1.12 bits per heavy atom. The van der Waals surface area contributed by atoms with E-state index in [9.17, 15) is 18.0 Å². The van der Waals surface area contributed by atoms with E-state index in [0.29, 0.717) is 29.2 Å². The normalized spacial score (nSPS) is 11.3. The number of ether oxygens (including phenoxy) is 3. The number of hydrogen-bond acceptors (Lipinski definition) is 7.